The van der Waals surface area contributed by atoms with Crippen LogP contribution in [-0.2, 0) is 24.3 Å². The molecule has 3 aliphatic rings. The Morgan fingerprint density at radius 2 is 1.66 bits per heavy atom. The van der Waals surface area contributed by atoms with Gasteiger partial charge in [-0.25, -0.2) is 0 Å². The van der Waals surface area contributed by atoms with Crippen LogP contribution < -0.4 is 15.4 Å². The molecule has 2 heterocycles. The molecule has 6 heteroatoms. The van der Waals surface area contributed by atoms with Gasteiger partial charge in [0.25, 0.3) is 5.91 Å². The van der Waals surface area contributed by atoms with Crippen molar-refractivity contribution < 1.29 is 9.53 Å². The number of piperazine rings is 1. The summed E-state index contributed by atoms with van der Waals surface area (Å²) in [5.74, 6) is 1.06. The third-order valence-electron chi connectivity index (χ3n) is 9.89. The van der Waals surface area contributed by atoms with Crippen LogP contribution >= 0.6 is 0 Å². The van der Waals surface area contributed by atoms with E-state index in [0.717, 1.165) is 74.3 Å². The quantitative estimate of drug-likeness (QED) is 0.305. The smallest absolute Gasteiger partial charge is 0.252 e. The number of rotatable bonds is 11. The number of ether oxygens (including phenoxy) is 1. The average molecular weight is 593 g/mol. The Balaban J connectivity index is 1.22. The lowest BCUT2D eigenvalue weighted by molar-refractivity contribution is -0.128. The van der Waals surface area contributed by atoms with Crippen LogP contribution in [0, 0.1) is 20.8 Å². The van der Waals surface area contributed by atoms with Crippen molar-refractivity contribution in [2.45, 2.75) is 77.7 Å². The highest BCUT2D eigenvalue weighted by atomic mass is 16.5. The predicted octanol–water partition coefficient (Wildman–Crippen LogP) is 5.57. The van der Waals surface area contributed by atoms with Gasteiger partial charge in [-0.15, -0.1) is 0 Å². The van der Waals surface area contributed by atoms with Crippen molar-refractivity contribution in [1.29, 1.82) is 0 Å². The Kier molecular flexibility index (Phi) is 9.22. The number of fused-ring (bicyclic) bond motifs is 2. The summed E-state index contributed by atoms with van der Waals surface area (Å²) < 4.78 is 5.59. The molecule has 1 saturated carbocycles. The van der Waals surface area contributed by atoms with Crippen molar-refractivity contribution >= 4 is 11.5 Å². The van der Waals surface area contributed by atoms with E-state index in [0.29, 0.717) is 18.6 Å². The molecule has 3 aromatic rings. The Labute approximate surface area is 263 Å². The summed E-state index contributed by atoms with van der Waals surface area (Å²) in [7, 11) is 3.92. The first-order chi connectivity index (χ1) is 21.3. The van der Waals surface area contributed by atoms with E-state index >= 15 is 0 Å². The molecule has 2 atom stereocenters. The normalized spacial score (nSPS) is 19.8. The van der Waals surface area contributed by atoms with Gasteiger partial charge in [0, 0.05) is 50.4 Å². The van der Waals surface area contributed by atoms with Crippen molar-refractivity contribution in [1.82, 2.24) is 20.4 Å². The van der Waals surface area contributed by atoms with Crippen molar-refractivity contribution in [2.75, 3.05) is 33.8 Å². The number of aryl methyl sites for hydroxylation is 2. The lowest BCUT2D eigenvalue weighted by Crippen LogP contribution is -2.60. The number of benzene rings is 3. The number of carbonyl (C=O) groups excluding carboxylic acids is 1. The molecule has 0 aromatic heterocycles. The molecule has 2 fully saturated rings. The molecule has 0 radical (unpaired) electrons. The molecule has 2 bridgehead atoms. The zero-order valence-electron chi connectivity index (χ0n) is 27.1. The van der Waals surface area contributed by atoms with E-state index in [-0.39, 0.29) is 11.9 Å². The molecule has 2 N–H and O–H groups in total. The largest absolute Gasteiger partial charge is 0.496 e. The fraction of sp³-hybridized carbons (Fsp3) is 0.447. The molecule has 2 aliphatic heterocycles. The molecular formula is C38H48N4O2. The first kappa shape index (κ1) is 30.6. The van der Waals surface area contributed by atoms with Gasteiger partial charge in [0.15, 0.2) is 0 Å². The highest BCUT2D eigenvalue weighted by Crippen LogP contribution is 2.37. The van der Waals surface area contributed by atoms with Gasteiger partial charge in [-0.3, -0.25) is 4.79 Å². The van der Waals surface area contributed by atoms with Crippen LogP contribution in [0.4, 0.5) is 0 Å². The molecule has 44 heavy (non-hydrogen) atoms. The fourth-order valence-corrected chi connectivity index (χ4v) is 7.02. The van der Waals surface area contributed by atoms with Crippen molar-refractivity contribution in [3.63, 3.8) is 0 Å². The summed E-state index contributed by atoms with van der Waals surface area (Å²) in [6.07, 6.45) is 4.00. The summed E-state index contributed by atoms with van der Waals surface area (Å²) in [5, 5.41) is 7.34. The average Bonchev–Trinajstić information content (AvgIpc) is 3.87. The van der Waals surface area contributed by atoms with Crippen LogP contribution in [0.15, 0.2) is 66.2 Å². The van der Waals surface area contributed by atoms with Crippen molar-refractivity contribution in [3.05, 3.63) is 105 Å². The summed E-state index contributed by atoms with van der Waals surface area (Å²) in [6, 6.07) is 22.4. The predicted molar refractivity (Wildman–Crippen MR) is 179 cm³/mol. The van der Waals surface area contributed by atoms with E-state index in [1.165, 1.54) is 33.4 Å². The van der Waals surface area contributed by atoms with Gasteiger partial charge >= 0.3 is 0 Å². The Hall–Kier alpha value is -3.45. The molecule has 6 rings (SSSR count). The minimum atomic E-state index is 0.0240. The first-order valence-electron chi connectivity index (χ1n) is 16.3. The second-order valence-corrected chi connectivity index (χ2v) is 13.1. The summed E-state index contributed by atoms with van der Waals surface area (Å²) in [5.41, 5.74) is 11.1. The number of nitrogens with zero attached hydrogens (tertiary/aromatic N) is 2. The summed E-state index contributed by atoms with van der Waals surface area (Å²) >= 11 is 0. The second kappa shape index (κ2) is 13.3. The lowest BCUT2D eigenvalue weighted by atomic mass is 9.83. The van der Waals surface area contributed by atoms with Gasteiger partial charge in [0.1, 0.15) is 5.75 Å². The minimum absolute atomic E-state index is 0.0240. The molecule has 1 amide bonds. The van der Waals surface area contributed by atoms with Crippen LogP contribution in [0.3, 0.4) is 0 Å². The van der Waals surface area contributed by atoms with Gasteiger partial charge in [0.05, 0.1) is 13.2 Å². The Bertz CT molecular complexity index is 1500. The van der Waals surface area contributed by atoms with E-state index in [4.69, 9.17) is 4.74 Å². The SMILES string of the molecule is COc1cccc(CN(C(=O)C2=C(c3ccc(CCN(C)Cc4c(C)cccc4C)cc3)C[C@H]3CNC[C@H]2N3)C2CC2)c1C. The van der Waals surface area contributed by atoms with E-state index in [9.17, 15) is 4.79 Å². The zero-order chi connectivity index (χ0) is 30.8. The molecule has 6 nitrogen and oxygen atoms in total. The molecule has 3 aromatic carbocycles. The number of nitrogens with one attached hydrogen (secondary N) is 2. The number of hydrogen-bond acceptors (Lipinski definition) is 5. The monoisotopic (exact) mass is 592 g/mol. The molecule has 1 saturated heterocycles. The maximum atomic E-state index is 14.5. The third kappa shape index (κ3) is 6.63. The van der Waals surface area contributed by atoms with Crippen LogP contribution in [0.2, 0.25) is 0 Å². The van der Waals surface area contributed by atoms with E-state index in [1.807, 2.05) is 12.1 Å². The van der Waals surface area contributed by atoms with Crippen LogP contribution in [-0.4, -0.2) is 67.6 Å². The van der Waals surface area contributed by atoms with Gasteiger partial charge in [-0.05, 0) is 104 Å². The maximum Gasteiger partial charge on any atom is 0.252 e. The van der Waals surface area contributed by atoms with Crippen LogP contribution in [0.25, 0.3) is 5.57 Å². The number of carbonyl (C=O) groups is 1. The number of amides is 1. The standard InChI is InChI=1S/C38H48N4O2/c1-25-8-6-9-26(2)34(25)24-41(4)19-18-28-12-14-29(15-13-28)33-20-31-21-39-22-35(40-31)37(33)38(43)42(32-16-17-32)23-30-10-7-11-36(44-5)27(30)3/h6-15,31-32,35,39-40H,16-24H2,1-5H3/t31-,35+/m0/s1. The summed E-state index contributed by atoms with van der Waals surface area (Å²) in [6.45, 7) is 10.8. The fourth-order valence-electron chi connectivity index (χ4n) is 7.02. The van der Waals surface area contributed by atoms with Gasteiger partial charge in [0.2, 0.25) is 0 Å². The third-order valence-corrected chi connectivity index (χ3v) is 9.89. The Morgan fingerprint density at radius 1 is 0.932 bits per heavy atom. The van der Waals surface area contributed by atoms with Gasteiger partial charge in [-0.1, -0.05) is 54.6 Å². The maximum absolute atomic E-state index is 14.5. The molecular weight excluding hydrogens is 544 g/mol. The topological polar surface area (TPSA) is 56.8 Å². The van der Waals surface area contributed by atoms with Gasteiger partial charge in [-0.2, -0.15) is 0 Å². The highest BCUT2D eigenvalue weighted by Gasteiger charge is 2.41. The van der Waals surface area contributed by atoms with Crippen LogP contribution in [0.1, 0.15) is 58.2 Å². The van der Waals surface area contributed by atoms with Crippen molar-refractivity contribution in [3.8, 4) is 5.75 Å². The van der Waals surface area contributed by atoms with E-state index in [2.05, 4.69) is 96.8 Å². The Morgan fingerprint density at radius 3 is 2.36 bits per heavy atom. The zero-order valence-corrected chi connectivity index (χ0v) is 27.1. The van der Waals surface area contributed by atoms with Crippen molar-refractivity contribution in [2.24, 2.45) is 0 Å². The summed E-state index contributed by atoms with van der Waals surface area (Å²) in [4.78, 5) is 19.1. The number of likely N-dealkylation sites (N-methyl/N-ethyl adjacent to an activating group) is 1. The van der Waals surface area contributed by atoms with Crippen LogP contribution in [0.5, 0.6) is 5.75 Å². The minimum Gasteiger partial charge on any atom is -0.496 e. The lowest BCUT2D eigenvalue weighted by Gasteiger charge is -2.41. The van der Waals surface area contributed by atoms with E-state index < -0.39 is 0 Å². The highest BCUT2D eigenvalue weighted by molar-refractivity contribution is 6.03. The molecule has 1 aliphatic carbocycles. The molecule has 0 spiro atoms. The second-order valence-electron chi connectivity index (χ2n) is 13.1. The number of methoxy groups -OCH3 is 1. The number of hydrogen-bond donors (Lipinski definition) is 2. The first-order valence-corrected chi connectivity index (χ1v) is 16.3. The van der Waals surface area contributed by atoms with E-state index in [1.54, 1.807) is 7.11 Å². The van der Waals surface area contributed by atoms with Gasteiger partial charge < -0.3 is 25.2 Å². The molecule has 0 unspecified atom stereocenters. The molecule has 232 valence electrons.